The molecule has 0 bridgehead atoms. The summed E-state index contributed by atoms with van der Waals surface area (Å²) >= 11 is 8.57. The molecule has 0 aliphatic rings. The van der Waals surface area contributed by atoms with Gasteiger partial charge >= 0.3 is 5.69 Å². The lowest BCUT2D eigenvalue weighted by Crippen LogP contribution is -2.41. The summed E-state index contributed by atoms with van der Waals surface area (Å²) in [6.45, 7) is 2.06. The summed E-state index contributed by atoms with van der Waals surface area (Å²) in [4.78, 5) is 26.8. The van der Waals surface area contributed by atoms with Gasteiger partial charge in [-0.3, -0.25) is 9.36 Å². The highest BCUT2D eigenvalue weighted by Crippen LogP contribution is 2.16. The van der Waals surface area contributed by atoms with Gasteiger partial charge in [0.25, 0.3) is 5.56 Å². The van der Waals surface area contributed by atoms with Crippen molar-refractivity contribution >= 4 is 36.2 Å². The van der Waals surface area contributed by atoms with E-state index in [0.717, 1.165) is 0 Å². The van der Waals surface area contributed by atoms with E-state index in [4.69, 9.17) is 0 Å². The maximum Gasteiger partial charge on any atom is 0.328 e. The second-order valence-electron chi connectivity index (χ2n) is 4.52. The van der Waals surface area contributed by atoms with Crippen molar-refractivity contribution in [1.82, 2.24) is 9.55 Å². The number of hydrogen-bond acceptors (Lipinski definition) is 4. The van der Waals surface area contributed by atoms with Crippen molar-refractivity contribution in [3.05, 3.63) is 45.1 Å². The van der Waals surface area contributed by atoms with Gasteiger partial charge in [0.2, 0.25) is 0 Å². The molecule has 1 heterocycles. The van der Waals surface area contributed by atoms with Gasteiger partial charge in [-0.1, -0.05) is 12.1 Å². The van der Waals surface area contributed by atoms with Gasteiger partial charge in [0, 0.05) is 17.0 Å². The molecule has 1 N–H and O–H groups in total. The van der Waals surface area contributed by atoms with E-state index in [9.17, 15) is 9.59 Å². The first-order valence-corrected chi connectivity index (χ1v) is 6.58. The molecule has 1 atom stereocenters. The fourth-order valence-electron chi connectivity index (χ4n) is 1.73. The molecular weight excluding hydrogens is 268 g/mol. The predicted octanol–water partition coefficient (Wildman–Crippen LogP) is 1.31. The highest BCUT2D eigenvalue weighted by atomic mass is 32.1. The first-order valence-electron chi connectivity index (χ1n) is 5.50. The number of aromatic nitrogens is 2. The number of aromatic amines is 1. The van der Waals surface area contributed by atoms with Gasteiger partial charge in [0.05, 0.1) is 10.9 Å². The van der Waals surface area contributed by atoms with E-state index in [1.807, 2.05) is 6.92 Å². The Balaban J connectivity index is 2.66. The van der Waals surface area contributed by atoms with E-state index in [1.54, 1.807) is 24.3 Å². The van der Waals surface area contributed by atoms with Crippen LogP contribution in [0.25, 0.3) is 10.9 Å². The standard InChI is InChI=1S/C12H14N2O2S2/c1-12(18,7-17)6-14-10(15)8-4-2-3-5-9(8)13-11(14)16/h2-5,17-18H,6-7H2,1H3,(H,13,16)/t12-/m1/s1. The zero-order chi connectivity index (χ0) is 13.3. The summed E-state index contributed by atoms with van der Waals surface area (Å²) in [6.07, 6.45) is 0. The van der Waals surface area contributed by atoms with Crippen LogP contribution in [0.5, 0.6) is 0 Å². The van der Waals surface area contributed by atoms with Crippen LogP contribution in [0.3, 0.4) is 0 Å². The summed E-state index contributed by atoms with van der Waals surface area (Å²) < 4.78 is 0.661. The maximum atomic E-state index is 12.2. The molecule has 0 aliphatic heterocycles. The molecule has 4 nitrogen and oxygen atoms in total. The molecule has 0 spiro atoms. The third-order valence-corrected chi connectivity index (χ3v) is 3.98. The van der Waals surface area contributed by atoms with Crippen LogP contribution < -0.4 is 11.2 Å². The molecule has 2 aromatic rings. The number of nitrogens with one attached hydrogen (secondary N) is 1. The van der Waals surface area contributed by atoms with Crippen LogP contribution in [-0.4, -0.2) is 20.1 Å². The second kappa shape index (κ2) is 4.85. The van der Waals surface area contributed by atoms with Crippen molar-refractivity contribution in [1.29, 1.82) is 0 Å². The Labute approximate surface area is 115 Å². The van der Waals surface area contributed by atoms with Crippen molar-refractivity contribution < 1.29 is 0 Å². The SMILES string of the molecule is C[C@](S)(CS)Cn1c(=O)[nH]c2ccccc2c1=O. The molecule has 2 rings (SSSR count). The molecule has 1 aromatic heterocycles. The molecule has 1 aromatic carbocycles. The third-order valence-electron chi connectivity index (χ3n) is 2.73. The Kier molecular flexibility index (Phi) is 3.59. The monoisotopic (exact) mass is 282 g/mol. The predicted molar refractivity (Wildman–Crippen MR) is 80.1 cm³/mol. The van der Waals surface area contributed by atoms with Crippen molar-refractivity contribution in [3.8, 4) is 0 Å². The lowest BCUT2D eigenvalue weighted by molar-refractivity contribution is 0.544. The number of fused-ring (bicyclic) bond motifs is 1. The van der Waals surface area contributed by atoms with Gasteiger partial charge in [0.15, 0.2) is 0 Å². The Bertz CT molecular complexity index is 688. The first kappa shape index (κ1) is 13.3. The second-order valence-corrected chi connectivity index (χ2v) is 5.92. The molecule has 0 aliphatic carbocycles. The number of hydrogen-bond donors (Lipinski definition) is 3. The Morgan fingerprint density at radius 2 is 2.00 bits per heavy atom. The zero-order valence-corrected chi connectivity index (χ0v) is 11.7. The summed E-state index contributed by atoms with van der Waals surface area (Å²) in [5.74, 6) is 0.467. The fourth-order valence-corrected chi connectivity index (χ4v) is 1.97. The van der Waals surface area contributed by atoms with Gasteiger partial charge in [-0.25, -0.2) is 4.79 Å². The van der Waals surface area contributed by atoms with Crippen LogP contribution >= 0.6 is 25.3 Å². The van der Waals surface area contributed by atoms with Gasteiger partial charge in [-0.05, 0) is 19.1 Å². The first-order chi connectivity index (χ1) is 8.44. The highest BCUT2D eigenvalue weighted by molar-refractivity contribution is 7.85. The third kappa shape index (κ3) is 2.49. The van der Waals surface area contributed by atoms with Crippen molar-refractivity contribution in [2.45, 2.75) is 18.2 Å². The zero-order valence-electron chi connectivity index (χ0n) is 9.88. The molecular formula is C12H14N2O2S2. The van der Waals surface area contributed by atoms with Crippen LogP contribution in [0.4, 0.5) is 0 Å². The topological polar surface area (TPSA) is 54.9 Å². The maximum absolute atomic E-state index is 12.2. The van der Waals surface area contributed by atoms with E-state index < -0.39 is 10.4 Å². The van der Waals surface area contributed by atoms with Crippen LogP contribution in [0.2, 0.25) is 0 Å². The normalized spacial score (nSPS) is 14.6. The summed E-state index contributed by atoms with van der Waals surface area (Å²) in [7, 11) is 0. The van der Waals surface area contributed by atoms with Gasteiger partial charge in [0.1, 0.15) is 0 Å². The number of rotatable bonds is 3. The minimum absolute atomic E-state index is 0.221. The highest BCUT2D eigenvalue weighted by Gasteiger charge is 2.20. The molecule has 0 saturated carbocycles. The summed E-state index contributed by atoms with van der Waals surface area (Å²) in [5.41, 5.74) is -0.160. The Morgan fingerprint density at radius 1 is 1.33 bits per heavy atom. The molecule has 6 heteroatoms. The van der Waals surface area contributed by atoms with Crippen LogP contribution in [-0.2, 0) is 6.54 Å². The molecule has 0 amide bonds. The van der Waals surface area contributed by atoms with Crippen molar-refractivity contribution in [2.24, 2.45) is 0 Å². The average Bonchev–Trinajstić information content (AvgIpc) is 2.34. The average molecular weight is 282 g/mol. The van der Waals surface area contributed by atoms with E-state index >= 15 is 0 Å². The van der Waals surface area contributed by atoms with Crippen LogP contribution in [0.15, 0.2) is 33.9 Å². The largest absolute Gasteiger partial charge is 0.328 e. The van der Waals surface area contributed by atoms with Crippen molar-refractivity contribution in [2.75, 3.05) is 5.75 Å². The molecule has 0 radical (unpaired) electrons. The lowest BCUT2D eigenvalue weighted by atomic mass is 10.2. The fraction of sp³-hybridized carbons (Fsp3) is 0.333. The minimum atomic E-state index is -0.512. The summed E-state index contributed by atoms with van der Waals surface area (Å²) in [6, 6.07) is 6.95. The molecule has 0 unspecified atom stereocenters. The minimum Gasteiger partial charge on any atom is -0.307 e. The number of nitrogens with zero attached hydrogens (tertiary/aromatic N) is 1. The molecule has 96 valence electrons. The Morgan fingerprint density at radius 3 is 2.67 bits per heavy atom. The van der Waals surface area contributed by atoms with Gasteiger partial charge in [-0.2, -0.15) is 25.3 Å². The number of H-pyrrole nitrogens is 1. The smallest absolute Gasteiger partial charge is 0.307 e. The van der Waals surface area contributed by atoms with E-state index in [1.165, 1.54) is 4.57 Å². The van der Waals surface area contributed by atoms with Crippen molar-refractivity contribution in [3.63, 3.8) is 0 Å². The number of para-hydroxylation sites is 1. The van der Waals surface area contributed by atoms with E-state index in [0.29, 0.717) is 16.7 Å². The van der Waals surface area contributed by atoms with E-state index in [2.05, 4.69) is 30.2 Å². The molecule has 18 heavy (non-hydrogen) atoms. The van der Waals surface area contributed by atoms with E-state index in [-0.39, 0.29) is 12.1 Å². The molecule has 0 fully saturated rings. The lowest BCUT2D eigenvalue weighted by Gasteiger charge is -2.21. The molecule has 0 saturated heterocycles. The quantitative estimate of drug-likeness (QED) is 0.744. The number of benzene rings is 1. The van der Waals surface area contributed by atoms with Gasteiger partial charge in [-0.15, -0.1) is 0 Å². The van der Waals surface area contributed by atoms with Crippen LogP contribution in [0.1, 0.15) is 6.92 Å². The van der Waals surface area contributed by atoms with Gasteiger partial charge < -0.3 is 4.98 Å². The number of thiol groups is 2. The Hall–Kier alpha value is -1.14. The summed E-state index contributed by atoms with van der Waals surface area (Å²) in [5, 5.41) is 0.500. The van der Waals surface area contributed by atoms with Crippen LogP contribution in [0, 0.1) is 0 Å².